The molecule has 0 spiro atoms. The molecule has 0 aliphatic rings. The molecule has 0 saturated heterocycles. The fraction of sp³-hybridized carbons (Fsp3) is 0.500. The molecule has 12 heavy (non-hydrogen) atoms. The normalized spacial score (nSPS) is 10.2. The van der Waals surface area contributed by atoms with E-state index in [0.29, 0.717) is 17.6 Å². The van der Waals surface area contributed by atoms with Crippen LogP contribution in [0.15, 0.2) is 6.20 Å². The second-order valence-corrected chi connectivity index (χ2v) is 2.83. The van der Waals surface area contributed by atoms with E-state index in [9.17, 15) is 0 Å². The van der Waals surface area contributed by atoms with Crippen molar-refractivity contribution in [2.24, 2.45) is 0 Å². The molecule has 0 bridgehead atoms. The standard InChI is InChI=1S/C8H11ClN2O/c1-6-10-5-7(3-4-12-2)8(9)11-6/h5H,3-4H2,1-2H3. The lowest BCUT2D eigenvalue weighted by Gasteiger charge is -2.01. The van der Waals surface area contributed by atoms with Crippen molar-refractivity contribution in [1.82, 2.24) is 9.97 Å². The molecule has 3 nitrogen and oxygen atoms in total. The summed E-state index contributed by atoms with van der Waals surface area (Å²) in [5.41, 5.74) is 0.934. The highest BCUT2D eigenvalue weighted by atomic mass is 35.5. The quantitative estimate of drug-likeness (QED) is 0.673. The van der Waals surface area contributed by atoms with Crippen LogP contribution in [0.25, 0.3) is 0 Å². The van der Waals surface area contributed by atoms with Gasteiger partial charge in [0, 0.05) is 25.3 Å². The Morgan fingerprint density at radius 1 is 1.58 bits per heavy atom. The summed E-state index contributed by atoms with van der Waals surface area (Å²) in [6.45, 7) is 2.46. The largest absolute Gasteiger partial charge is 0.384 e. The molecule has 0 amide bonds. The molecule has 1 aromatic rings. The maximum Gasteiger partial charge on any atom is 0.136 e. The SMILES string of the molecule is COCCc1cnc(C)nc1Cl. The van der Waals surface area contributed by atoms with Crippen molar-refractivity contribution < 1.29 is 4.74 Å². The Morgan fingerprint density at radius 2 is 2.33 bits per heavy atom. The Balaban J connectivity index is 2.72. The molecule has 0 fully saturated rings. The second-order valence-electron chi connectivity index (χ2n) is 2.48. The molecule has 1 aromatic heterocycles. The molecular formula is C8H11ClN2O. The minimum atomic E-state index is 0.527. The number of aromatic nitrogens is 2. The highest BCUT2D eigenvalue weighted by molar-refractivity contribution is 6.30. The lowest BCUT2D eigenvalue weighted by Crippen LogP contribution is -1.99. The molecule has 0 N–H and O–H groups in total. The predicted molar refractivity (Wildman–Crippen MR) is 47.4 cm³/mol. The summed E-state index contributed by atoms with van der Waals surface area (Å²) < 4.78 is 4.92. The Morgan fingerprint density at radius 3 is 2.92 bits per heavy atom. The van der Waals surface area contributed by atoms with E-state index in [4.69, 9.17) is 16.3 Å². The first-order valence-electron chi connectivity index (χ1n) is 3.71. The molecule has 0 atom stereocenters. The van der Waals surface area contributed by atoms with Crippen molar-refractivity contribution in [2.45, 2.75) is 13.3 Å². The Labute approximate surface area is 76.7 Å². The van der Waals surface area contributed by atoms with E-state index in [1.807, 2.05) is 6.92 Å². The Bertz CT molecular complexity index is 265. The molecule has 0 aliphatic carbocycles. The van der Waals surface area contributed by atoms with Gasteiger partial charge in [0.1, 0.15) is 11.0 Å². The van der Waals surface area contributed by atoms with E-state index in [1.54, 1.807) is 13.3 Å². The number of methoxy groups -OCH3 is 1. The van der Waals surface area contributed by atoms with Crippen molar-refractivity contribution in [1.29, 1.82) is 0 Å². The van der Waals surface area contributed by atoms with Crippen molar-refractivity contribution in [3.63, 3.8) is 0 Å². The molecule has 4 heteroatoms. The molecule has 0 radical (unpaired) electrons. The zero-order chi connectivity index (χ0) is 8.97. The van der Waals surface area contributed by atoms with E-state index in [0.717, 1.165) is 12.0 Å². The first kappa shape index (κ1) is 9.42. The van der Waals surface area contributed by atoms with Gasteiger partial charge in [-0.2, -0.15) is 0 Å². The third kappa shape index (κ3) is 2.43. The van der Waals surface area contributed by atoms with Crippen LogP contribution in [-0.2, 0) is 11.2 Å². The maximum atomic E-state index is 5.86. The van der Waals surface area contributed by atoms with Crippen LogP contribution in [0.4, 0.5) is 0 Å². The number of aryl methyl sites for hydroxylation is 1. The van der Waals surface area contributed by atoms with Gasteiger partial charge in [0.25, 0.3) is 0 Å². The number of rotatable bonds is 3. The highest BCUT2D eigenvalue weighted by Gasteiger charge is 2.01. The van der Waals surface area contributed by atoms with Gasteiger partial charge in [0.2, 0.25) is 0 Å². The average Bonchev–Trinajstić information content (AvgIpc) is 2.03. The maximum absolute atomic E-state index is 5.86. The van der Waals surface area contributed by atoms with Crippen molar-refractivity contribution in [3.8, 4) is 0 Å². The molecule has 0 unspecified atom stereocenters. The summed E-state index contributed by atoms with van der Waals surface area (Å²) in [4.78, 5) is 8.07. The first-order chi connectivity index (χ1) is 5.74. The van der Waals surface area contributed by atoms with E-state index in [1.165, 1.54) is 0 Å². The fourth-order valence-electron chi connectivity index (χ4n) is 0.847. The van der Waals surface area contributed by atoms with Crippen LogP contribution in [0.3, 0.4) is 0 Å². The van der Waals surface area contributed by atoms with E-state index >= 15 is 0 Å². The minimum Gasteiger partial charge on any atom is -0.384 e. The van der Waals surface area contributed by atoms with E-state index < -0.39 is 0 Å². The van der Waals surface area contributed by atoms with Crippen LogP contribution in [0.1, 0.15) is 11.4 Å². The first-order valence-corrected chi connectivity index (χ1v) is 4.09. The van der Waals surface area contributed by atoms with Crippen molar-refractivity contribution >= 4 is 11.6 Å². The topological polar surface area (TPSA) is 35.0 Å². The lowest BCUT2D eigenvalue weighted by molar-refractivity contribution is 0.202. The number of halogens is 1. The van der Waals surface area contributed by atoms with Gasteiger partial charge in [-0.25, -0.2) is 9.97 Å². The summed E-state index contributed by atoms with van der Waals surface area (Å²) in [7, 11) is 1.66. The zero-order valence-electron chi connectivity index (χ0n) is 7.17. The number of ether oxygens (including phenoxy) is 1. The van der Waals surface area contributed by atoms with E-state index in [-0.39, 0.29) is 0 Å². The van der Waals surface area contributed by atoms with Gasteiger partial charge in [-0.1, -0.05) is 11.6 Å². The van der Waals surface area contributed by atoms with Gasteiger partial charge in [0.15, 0.2) is 0 Å². The van der Waals surface area contributed by atoms with Crippen LogP contribution in [0.5, 0.6) is 0 Å². The highest BCUT2D eigenvalue weighted by Crippen LogP contribution is 2.11. The predicted octanol–water partition coefficient (Wildman–Crippen LogP) is 1.63. The van der Waals surface area contributed by atoms with Crippen LogP contribution in [-0.4, -0.2) is 23.7 Å². The van der Waals surface area contributed by atoms with Crippen LogP contribution >= 0.6 is 11.6 Å². The molecule has 1 rings (SSSR count). The summed E-state index contributed by atoms with van der Waals surface area (Å²) in [6, 6.07) is 0. The lowest BCUT2D eigenvalue weighted by atomic mass is 10.2. The molecule has 0 aliphatic heterocycles. The minimum absolute atomic E-state index is 0.527. The average molecular weight is 187 g/mol. The molecule has 66 valence electrons. The summed E-state index contributed by atoms with van der Waals surface area (Å²) >= 11 is 5.86. The van der Waals surface area contributed by atoms with Gasteiger partial charge in [-0.15, -0.1) is 0 Å². The molecule has 1 heterocycles. The monoisotopic (exact) mass is 186 g/mol. The van der Waals surface area contributed by atoms with Crippen LogP contribution in [0, 0.1) is 6.92 Å². The van der Waals surface area contributed by atoms with Crippen LogP contribution in [0.2, 0.25) is 5.15 Å². The number of hydrogen-bond acceptors (Lipinski definition) is 3. The Kier molecular flexibility index (Phi) is 3.44. The van der Waals surface area contributed by atoms with Crippen molar-refractivity contribution in [3.05, 3.63) is 22.7 Å². The smallest absolute Gasteiger partial charge is 0.136 e. The third-order valence-corrected chi connectivity index (χ3v) is 1.83. The summed E-state index contributed by atoms with van der Waals surface area (Å²) in [6.07, 6.45) is 2.50. The van der Waals surface area contributed by atoms with Gasteiger partial charge in [0.05, 0.1) is 6.61 Å². The Hall–Kier alpha value is -0.670. The summed E-state index contributed by atoms with van der Waals surface area (Å²) in [5, 5.41) is 0.527. The van der Waals surface area contributed by atoms with Crippen LogP contribution < -0.4 is 0 Å². The van der Waals surface area contributed by atoms with Gasteiger partial charge in [-0.3, -0.25) is 0 Å². The van der Waals surface area contributed by atoms with Gasteiger partial charge >= 0.3 is 0 Å². The van der Waals surface area contributed by atoms with Crippen molar-refractivity contribution in [2.75, 3.05) is 13.7 Å². The summed E-state index contributed by atoms with van der Waals surface area (Å²) in [5.74, 6) is 0.696. The zero-order valence-corrected chi connectivity index (χ0v) is 7.93. The van der Waals surface area contributed by atoms with E-state index in [2.05, 4.69) is 9.97 Å². The molecule has 0 aromatic carbocycles. The fourth-order valence-corrected chi connectivity index (χ4v) is 1.11. The molecular weight excluding hydrogens is 176 g/mol. The van der Waals surface area contributed by atoms with Gasteiger partial charge in [-0.05, 0) is 6.92 Å². The number of hydrogen-bond donors (Lipinski definition) is 0. The van der Waals surface area contributed by atoms with Gasteiger partial charge < -0.3 is 4.74 Å². The second kappa shape index (κ2) is 4.38. The molecule has 0 saturated carbocycles. The third-order valence-electron chi connectivity index (χ3n) is 1.51. The number of nitrogens with zero attached hydrogens (tertiary/aromatic N) is 2.